The number of nitrogens with one attached hydrogen (secondary N) is 1. The predicted molar refractivity (Wildman–Crippen MR) is 132 cm³/mol. The SMILES string of the molecule is CCCSNc1cc(-c2cnc3cc(-c4cnn(C)c4)ccn23)cc(-c2ccc(F)cc2F)n1. The minimum atomic E-state index is -0.656. The van der Waals surface area contributed by atoms with Crippen molar-refractivity contribution in [3.8, 4) is 33.6 Å². The van der Waals surface area contributed by atoms with Gasteiger partial charge < -0.3 is 4.72 Å². The number of hydrogen-bond acceptors (Lipinski definition) is 5. The molecule has 0 saturated heterocycles. The van der Waals surface area contributed by atoms with Gasteiger partial charge in [0.05, 0.1) is 23.8 Å². The summed E-state index contributed by atoms with van der Waals surface area (Å²) in [5.74, 6) is 0.215. The first-order chi connectivity index (χ1) is 16.5. The van der Waals surface area contributed by atoms with Crippen molar-refractivity contribution in [1.82, 2.24) is 24.1 Å². The molecule has 5 rings (SSSR count). The summed E-state index contributed by atoms with van der Waals surface area (Å²) in [4.78, 5) is 9.17. The zero-order chi connectivity index (χ0) is 23.7. The maximum Gasteiger partial charge on any atom is 0.137 e. The van der Waals surface area contributed by atoms with Crippen molar-refractivity contribution in [3.05, 3.63) is 78.9 Å². The fraction of sp³-hybridized carbons (Fsp3) is 0.160. The van der Waals surface area contributed by atoms with Crippen molar-refractivity contribution in [2.75, 3.05) is 10.5 Å². The van der Waals surface area contributed by atoms with Gasteiger partial charge in [0, 0.05) is 48.0 Å². The first kappa shape index (κ1) is 22.1. The lowest BCUT2D eigenvalue weighted by atomic mass is 10.1. The quantitative estimate of drug-likeness (QED) is 0.223. The van der Waals surface area contributed by atoms with Gasteiger partial charge in [-0.3, -0.25) is 9.08 Å². The van der Waals surface area contributed by atoms with Gasteiger partial charge in [0.1, 0.15) is 23.1 Å². The molecule has 0 saturated carbocycles. The number of hydrogen-bond donors (Lipinski definition) is 1. The van der Waals surface area contributed by atoms with Crippen LogP contribution in [0.1, 0.15) is 13.3 Å². The zero-order valence-corrected chi connectivity index (χ0v) is 19.5. The lowest BCUT2D eigenvalue weighted by molar-refractivity contribution is 0.585. The molecule has 0 amide bonds. The molecule has 0 bridgehead atoms. The third-order valence-corrected chi connectivity index (χ3v) is 6.33. The molecule has 4 heterocycles. The Morgan fingerprint density at radius 1 is 1.00 bits per heavy atom. The van der Waals surface area contributed by atoms with Crippen LogP contribution in [0.15, 0.2) is 67.3 Å². The molecule has 0 unspecified atom stereocenters. The molecule has 4 aromatic heterocycles. The molecule has 6 nitrogen and oxygen atoms in total. The minimum absolute atomic E-state index is 0.236. The largest absolute Gasteiger partial charge is 0.314 e. The second-order valence-corrected chi connectivity index (χ2v) is 8.79. The lowest BCUT2D eigenvalue weighted by Gasteiger charge is -2.11. The number of aryl methyl sites for hydroxylation is 1. The summed E-state index contributed by atoms with van der Waals surface area (Å²) in [6.07, 6.45) is 8.51. The number of halogens is 2. The fourth-order valence-electron chi connectivity index (χ4n) is 3.74. The Morgan fingerprint density at radius 2 is 1.88 bits per heavy atom. The van der Waals surface area contributed by atoms with Crippen LogP contribution in [0.4, 0.5) is 14.6 Å². The Balaban J connectivity index is 1.59. The molecule has 0 radical (unpaired) electrons. The van der Waals surface area contributed by atoms with Crippen molar-refractivity contribution in [2.45, 2.75) is 13.3 Å². The summed E-state index contributed by atoms with van der Waals surface area (Å²) in [6.45, 7) is 2.09. The molecule has 1 aromatic carbocycles. The van der Waals surface area contributed by atoms with Crippen molar-refractivity contribution in [3.63, 3.8) is 0 Å². The van der Waals surface area contributed by atoms with E-state index in [2.05, 4.69) is 26.7 Å². The van der Waals surface area contributed by atoms with Crippen LogP contribution in [0.5, 0.6) is 0 Å². The van der Waals surface area contributed by atoms with Crippen LogP contribution in [0.2, 0.25) is 0 Å². The number of imidazole rings is 1. The summed E-state index contributed by atoms with van der Waals surface area (Å²) in [5, 5.41) is 4.24. The second-order valence-electron chi connectivity index (χ2n) is 7.89. The highest BCUT2D eigenvalue weighted by molar-refractivity contribution is 8.00. The van der Waals surface area contributed by atoms with Gasteiger partial charge in [0.15, 0.2) is 0 Å². The van der Waals surface area contributed by atoms with E-state index in [9.17, 15) is 8.78 Å². The number of nitrogens with zero attached hydrogens (tertiary/aromatic N) is 5. The van der Waals surface area contributed by atoms with Crippen molar-refractivity contribution in [1.29, 1.82) is 0 Å². The van der Waals surface area contributed by atoms with Gasteiger partial charge in [-0.05, 0) is 48.4 Å². The third-order valence-electron chi connectivity index (χ3n) is 5.36. The maximum atomic E-state index is 14.6. The van der Waals surface area contributed by atoms with Gasteiger partial charge >= 0.3 is 0 Å². The smallest absolute Gasteiger partial charge is 0.137 e. The van der Waals surface area contributed by atoms with E-state index >= 15 is 0 Å². The number of benzene rings is 1. The zero-order valence-electron chi connectivity index (χ0n) is 18.7. The van der Waals surface area contributed by atoms with Crippen molar-refractivity contribution < 1.29 is 8.78 Å². The number of rotatable bonds is 7. The topological polar surface area (TPSA) is 60.0 Å². The predicted octanol–water partition coefficient (Wildman–Crippen LogP) is 6.21. The van der Waals surface area contributed by atoms with Crippen LogP contribution in [0.3, 0.4) is 0 Å². The van der Waals surface area contributed by atoms with Crippen LogP contribution in [-0.4, -0.2) is 29.9 Å². The standard InChI is InChI=1S/C25H22F2N6S/c1-3-8-34-31-24-10-17(9-22(30-24)20-5-4-19(26)12-21(20)27)23-14-28-25-11-16(6-7-33(23)25)18-13-29-32(2)15-18/h4-7,9-15H,3,8H2,1-2H3,(H,30,31). The molecular weight excluding hydrogens is 454 g/mol. The van der Waals surface area contributed by atoms with Crippen LogP contribution in [-0.2, 0) is 7.05 Å². The van der Waals surface area contributed by atoms with Gasteiger partial charge in [-0.2, -0.15) is 5.10 Å². The lowest BCUT2D eigenvalue weighted by Crippen LogP contribution is -1.98. The van der Waals surface area contributed by atoms with Gasteiger partial charge in [0.2, 0.25) is 0 Å². The highest BCUT2D eigenvalue weighted by atomic mass is 32.2. The third kappa shape index (κ3) is 4.38. The van der Waals surface area contributed by atoms with Crippen LogP contribution < -0.4 is 4.72 Å². The van der Waals surface area contributed by atoms with Gasteiger partial charge in [-0.1, -0.05) is 18.9 Å². The Morgan fingerprint density at radius 3 is 2.65 bits per heavy atom. The van der Waals surface area contributed by atoms with E-state index in [-0.39, 0.29) is 5.56 Å². The van der Waals surface area contributed by atoms with Crippen LogP contribution >= 0.6 is 11.9 Å². The monoisotopic (exact) mass is 476 g/mol. The van der Waals surface area contributed by atoms with E-state index in [1.54, 1.807) is 16.9 Å². The first-order valence-corrected chi connectivity index (χ1v) is 11.8. The minimum Gasteiger partial charge on any atom is -0.314 e. The van der Waals surface area contributed by atoms with E-state index < -0.39 is 11.6 Å². The summed E-state index contributed by atoms with van der Waals surface area (Å²) in [6, 6.07) is 11.2. The highest BCUT2D eigenvalue weighted by Crippen LogP contribution is 2.31. The number of fused-ring (bicyclic) bond motifs is 1. The summed E-state index contributed by atoms with van der Waals surface area (Å²) in [5.41, 5.74) is 5.10. The summed E-state index contributed by atoms with van der Waals surface area (Å²) < 4.78 is 35.0. The van der Waals surface area contributed by atoms with Gasteiger partial charge in [-0.25, -0.2) is 18.7 Å². The summed E-state index contributed by atoms with van der Waals surface area (Å²) in [7, 11) is 1.88. The summed E-state index contributed by atoms with van der Waals surface area (Å²) >= 11 is 1.53. The molecule has 5 aromatic rings. The molecule has 0 spiro atoms. The van der Waals surface area contributed by atoms with E-state index in [0.717, 1.165) is 46.3 Å². The molecule has 0 aliphatic rings. The Hall–Kier alpha value is -3.72. The number of anilines is 1. The normalized spacial score (nSPS) is 11.3. The van der Waals surface area contributed by atoms with Gasteiger partial charge in [0.25, 0.3) is 0 Å². The van der Waals surface area contributed by atoms with E-state index in [0.29, 0.717) is 11.5 Å². The van der Waals surface area contributed by atoms with E-state index in [4.69, 9.17) is 0 Å². The van der Waals surface area contributed by atoms with Crippen molar-refractivity contribution in [2.24, 2.45) is 7.05 Å². The number of aromatic nitrogens is 5. The Labute approximate surface area is 199 Å². The van der Waals surface area contributed by atoms with E-state index in [1.165, 1.54) is 24.1 Å². The fourth-order valence-corrected chi connectivity index (χ4v) is 4.30. The average molecular weight is 477 g/mol. The Kier molecular flexibility index (Phi) is 6.02. The second kappa shape index (κ2) is 9.26. The maximum absolute atomic E-state index is 14.6. The molecule has 34 heavy (non-hydrogen) atoms. The molecule has 9 heteroatoms. The van der Waals surface area contributed by atoms with E-state index in [1.807, 2.05) is 48.2 Å². The molecule has 172 valence electrons. The molecule has 0 atom stereocenters. The van der Waals surface area contributed by atoms with Crippen LogP contribution in [0.25, 0.3) is 39.3 Å². The molecule has 0 aliphatic heterocycles. The Bertz CT molecular complexity index is 1480. The molecule has 0 fully saturated rings. The van der Waals surface area contributed by atoms with Crippen LogP contribution in [0, 0.1) is 11.6 Å². The molecule has 0 aliphatic carbocycles. The average Bonchev–Trinajstić information content (AvgIpc) is 3.45. The first-order valence-electron chi connectivity index (χ1n) is 10.8. The van der Waals surface area contributed by atoms with Crippen molar-refractivity contribution >= 4 is 23.4 Å². The molecule has 1 N–H and O–H groups in total. The van der Waals surface area contributed by atoms with Gasteiger partial charge in [-0.15, -0.1) is 0 Å². The highest BCUT2D eigenvalue weighted by Gasteiger charge is 2.14. The molecular formula is C25H22F2N6S. The number of pyridine rings is 2.